The van der Waals surface area contributed by atoms with Gasteiger partial charge in [-0.15, -0.1) is 0 Å². The first-order chi connectivity index (χ1) is 8.31. The Kier molecular flexibility index (Phi) is 5.04. The van der Waals surface area contributed by atoms with Gasteiger partial charge in [0.05, 0.1) is 0 Å². The highest BCUT2D eigenvalue weighted by atomic mass is 32.2. The number of hydrogen-bond donors (Lipinski definition) is 2. The molecule has 2 unspecified atom stereocenters. The fourth-order valence-electron chi connectivity index (χ4n) is 1.93. The highest BCUT2D eigenvalue weighted by Gasteiger charge is 2.16. The van der Waals surface area contributed by atoms with E-state index in [1.54, 1.807) is 0 Å². The fraction of sp³-hybridized carbons (Fsp3) is 0.462. The van der Waals surface area contributed by atoms with Gasteiger partial charge in [0.1, 0.15) is 6.04 Å². The van der Waals surface area contributed by atoms with Gasteiger partial charge in [0, 0.05) is 22.3 Å². The van der Waals surface area contributed by atoms with E-state index in [1.165, 1.54) is 5.56 Å². The summed E-state index contributed by atoms with van der Waals surface area (Å²) in [5.74, 6) is -0.762. The molecule has 0 aromatic heterocycles. The Bertz CT molecular complexity index is 462. The molecule has 0 heterocycles. The lowest BCUT2D eigenvalue weighted by Crippen LogP contribution is -2.35. The van der Waals surface area contributed by atoms with Gasteiger partial charge in [0.2, 0.25) is 0 Å². The Morgan fingerprint density at radius 1 is 1.33 bits per heavy atom. The van der Waals surface area contributed by atoms with Crippen LogP contribution >= 0.6 is 0 Å². The molecule has 1 aromatic rings. The smallest absolute Gasteiger partial charge is 0.321 e. The van der Waals surface area contributed by atoms with Crippen molar-refractivity contribution in [3.63, 3.8) is 0 Å². The van der Waals surface area contributed by atoms with Crippen LogP contribution in [-0.4, -0.2) is 27.1 Å². The molecule has 1 rings (SSSR count). The lowest BCUT2D eigenvalue weighted by atomic mass is 10.0. The van der Waals surface area contributed by atoms with Crippen molar-refractivity contribution in [2.45, 2.75) is 32.6 Å². The van der Waals surface area contributed by atoms with Gasteiger partial charge in [0.25, 0.3) is 0 Å². The number of aryl methyl sites for hydroxylation is 3. The molecule has 0 bridgehead atoms. The van der Waals surface area contributed by atoms with Crippen molar-refractivity contribution < 1.29 is 14.1 Å². The zero-order chi connectivity index (χ0) is 13.9. The summed E-state index contributed by atoms with van der Waals surface area (Å²) < 4.78 is 11.9. The van der Waals surface area contributed by atoms with Crippen LogP contribution < -0.4 is 5.73 Å². The lowest BCUT2D eigenvalue weighted by Gasteiger charge is -2.12. The molecule has 0 aliphatic carbocycles. The van der Waals surface area contributed by atoms with Gasteiger partial charge in [-0.1, -0.05) is 17.7 Å². The van der Waals surface area contributed by atoms with Crippen molar-refractivity contribution in [1.82, 2.24) is 0 Å². The van der Waals surface area contributed by atoms with Gasteiger partial charge in [-0.3, -0.25) is 9.00 Å². The van der Waals surface area contributed by atoms with Crippen LogP contribution in [-0.2, 0) is 21.3 Å². The van der Waals surface area contributed by atoms with E-state index < -0.39 is 22.8 Å². The third-order valence-electron chi connectivity index (χ3n) is 2.83. The normalized spacial score (nSPS) is 14.2. The van der Waals surface area contributed by atoms with Crippen LogP contribution in [0, 0.1) is 20.8 Å². The van der Waals surface area contributed by atoms with Crippen molar-refractivity contribution in [2.75, 3.05) is 5.75 Å². The number of carboxylic acids is 1. The average molecular weight is 269 g/mol. The van der Waals surface area contributed by atoms with Crippen molar-refractivity contribution in [1.29, 1.82) is 0 Å². The fourth-order valence-corrected chi connectivity index (χ4v) is 3.37. The number of hydrogen-bond acceptors (Lipinski definition) is 3. The van der Waals surface area contributed by atoms with Crippen molar-refractivity contribution >= 4 is 16.8 Å². The molecule has 0 radical (unpaired) electrons. The van der Waals surface area contributed by atoms with Crippen molar-refractivity contribution in [2.24, 2.45) is 5.73 Å². The van der Waals surface area contributed by atoms with Crippen LogP contribution in [0.15, 0.2) is 12.1 Å². The Balaban J connectivity index is 2.80. The maximum atomic E-state index is 11.9. The van der Waals surface area contributed by atoms with E-state index in [9.17, 15) is 9.00 Å². The highest BCUT2D eigenvalue weighted by molar-refractivity contribution is 7.84. The van der Waals surface area contributed by atoms with Gasteiger partial charge in [-0.05, 0) is 37.5 Å². The molecule has 0 saturated heterocycles. The molecular formula is C13H19NO3S. The van der Waals surface area contributed by atoms with E-state index in [-0.39, 0.29) is 5.75 Å². The molecule has 0 aliphatic heterocycles. The summed E-state index contributed by atoms with van der Waals surface area (Å²) in [6, 6.07) is 3.02. The first-order valence-corrected chi connectivity index (χ1v) is 7.20. The Labute approximate surface area is 110 Å². The van der Waals surface area contributed by atoms with Crippen LogP contribution in [0.2, 0.25) is 0 Å². The van der Waals surface area contributed by atoms with Crippen molar-refractivity contribution in [3.8, 4) is 0 Å². The summed E-state index contributed by atoms with van der Waals surface area (Å²) in [4.78, 5) is 10.6. The topological polar surface area (TPSA) is 80.4 Å². The minimum Gasteiger partial charge on any atom is -0.480 e. The molecule has 18 heavy (non-hydrogen) atoms. The summed E-state index contributed by atoms with van der Waals surface area (Å²) in [6.45, 7) is 5.97. The van der Waals surface area contributed by atoms with Crippen LogP contribution in [0.3, 0.4) is 0 Å². The van der Waals surface area contributed by atoms with Gasteiger partial charge in [-0.2, -0.15) is 0 Å². The summed E-state index contributed by atoms with van der Waals surface area (Å²) in [7, 11) is -1.25. The second kappa shape index (κ2) is 6.11. The number of aliphatic carboxylic acids is 1. The minimum atomic E-state index is -1.25. The quantitative estimate of drug-likeness (QED) is 0.843. The Hall–Kier alpha value is -1.20. The lowest BCUT2D eigenvalue weighted by molar-refractivity contribution is -0.137. The number of carboxylic acid groups (broad SMARTS) is 1. The number of nitrogens with two attached hydrogens (primary N) is 1. The van der Waals surface area contributed by atoms with Crippen LogP contribution in [0.25, 0.3) is 0 Å². The minimum absolute atomic E-state index is 0.0118. The zero-order valence-corrected chi connectivity index (χ0v) is 11.7. The highest BCUT2D eigenvalue weighted by Crippen LogP contribution is 2.18. The van der Waals surface area contributed by atoms with Gasteiger partial charge in [0.15, 0.2) is 0 Å². The predicted octanol–water partition coefficient (Wildman–Crippen LogP) is 1.27. The summed E-state index contributed by atoms with van der Waals surface area (Å²) >= 11 is 0. The Morgan fingerprint density at radius 2 is 1.83 bits per heavy atom. The maximum absolute atomic E-state index is 11.9. The molecular weight excluding hydrogens is 250 g/mol. The summed E-state index contributed by atoms with van der Waals surface area (Å²) in [6.07, 6.45) is 0. The monoisotopic (exact) mass is 269 g/mol. The molecule has 100 valence electrons. The molecule has 4 nitrogen and oxygen atoms in total. The summed E-state index contributed by atoms with van der Waals surface area (Å²) in [5, 5.41) is 8.68. The van der Waals surface area contributed by atoms with E-state index in [1.807, 2.05) is 32.9 Å². The largest absolute Gasteiger partial charge is 0.480 e. The SMILES string of the molecule is Cc1cc(C)c(CS(=O)CC(N)C(=O)O)c(C)c1. The van der Waals surface area contributed by atoms with E-state index in [0.29, 0.717) is 5.75 Å². The van der Waals surface area contributed by atoms with Crippen molar-refractivity contribution in [3.05, 3.63) is 34.4 Å². The number of benzene rings is 1. The molecule has 2 atom stereocenters. The van der Waals surface area contributed by atoms with E-state index in [2.05, 4.69) is 0 Å². The standard InChI is InChI=1S/C13H19NO3S/c1-8-4-9(2)11(10(3)5-8)6-18(17)7-12(14)13(15)16/h4-5,12H,6-7,14H2,1-3H3,(H,15,16). The van der Waals surface area contributed by atoms with Crippen LogP contribution in [0.4, 0.5) is 0 Å². The Morgan fingerprint density at radius 3 is 2.28 bits per heavy atom. The number of rotatable bonds is 5. The third kappa shape index (κ3) is 3.92. The second-order valence-corrected chi connectivity index (χ2v) is 6.07. The first kappa shape index (κ1) is 14.9. The first-order valence-electron chi connectivity index (χ1n) is 5.71. The third-order valence-corrected chi connectivity index (χ3v) is 4.17. The molecule has 0 amide bonds. The average Bonchev–Trinajstić information content (AvgIpc) is 2.23. The summed E-state index contributed by atoms with van der Waals surface area (Å²) in [5.41, 5.74) is 9.75. The number of carbonyl (C=O) groups is 1. The van der Waals surface area contributed by atoms with Gasteiger partial charge < -0.3 is 10.8 Å². The van der Waals surface area contributed by atoms with Gasteiger partial charge >= 0.3 is 5.97 Å². The maximum Gasteiger partial charge on any atom is 0.321 e. The van der Waals surface area contributed by atoms with Crippen LogP contribution in [0.5, 0.6) is 0 Å². The molecule has 0 fully saturated rings. The predicted molar refractivity (Wildman–Crippen MR) is 73.0 cm³/mol. The van der Waals surface area contributed by atoms with E-state index in [0.717, 1.165) is 16.7 Å². The molecule has 5 heteroatoms. The zero-order valence-electron chi connectivity index (χ0n) is 10.9. The molecule has 0 aliphatic rings. The molecule has 3 N–H and O–H groups in total. The molecule has 1 aromatic carbocycles. The molecule has 0 saturated carbocycles. The second-order valence-electron chi connectivity index (χ2n) is 4.57. The van der Waals surface area contributed by atoms with E-state index in [4.69, 9.17) is 10.8 Å². The molecule has 0 spiro atoms. The van der Waals surface area contributed by atoms with Crippen LogP contribution in [0.1, 0.15) is 22.3 Å². The van der Waals surface area contributed by atoms with E-state index >= 15 is 0 Å². The van der Waals surface area contributed by atoms with Gasteiger partial charge in [-0.25, -0.2) is 0 Å².